The molecule has 0 fully saturated rings. The molecule has 3 nitrogen and oxygen atoms in total. The van der Waals surface area contributed by atoms with E-state index >= 15 is 0 Å². The van der Waals surface area contributed by atoms with Gasteiger partial charge < -0.3 is 5.11 Å². The SMILES string of the molecule is Cc1nc(C(F)F)c(Cl)cc1C(=O)O. The van der Waals surface area contributed by atoms with E-state index in [1.54, 1.807) is 0 Å². The van der Waals surface area contributed by atoms with E-state index in [4.69, 9.17) is 16.7 Å². The van der Waals surface area contributed by atoms with Crippen LogP contribution in [0.25, 0.3) is 0 Å². The van der Waals surface area contributed by atoms with E-state index in [1.807, 2.05) is 0 Å². The third-order valence-electron chi connectivity index (χ3n) is 1.63. The van der Waals surface area contributed by atoms with Crippen molar-refractivity contribution >= 4 is 17.6 Å². The number of aromatic carboxylic acids is 1. The molecule has 1 heterocycles. The number of aromatic nitrogens is 1. The molecule has 0 amide bonds. The molecule has 1 aromatic heterocycles. The average molecular weight is 222 g/mol. The number of rotatable bonds is 2. The van der Waals surface area contributed by atoms with Crippen molar-refractivity contribution in [3.05, 3.63) is 28.0 Å². The fourth-order valence-electron chi connectivity index (χ4n) is 0.969. The summed E-state index contributed by atoms with van der Waals surface area (Å²) in [6, 6.07) is 0.980. The molecule has 0 atom stereocenters. The van der Waals surface area contributed by atoms with E-state index in [9.17, 15) is 13.6 Å². The lowest BCUT2D eigenvalue weighted by atomic mass is 10.2. The first kappa shape index (κ1) is 10.8. The Balaban J connectivity index is 3.31. The van der Waals surface area contributed by atoms with Gasteiger partial charge in [-0.1, -0.05) is 11.6 Å². The van der Waals surface area contributed by atoms with E-state index in [-0.39, 0.29) is 16.3 Å². The summed E-state index contributed by atoms with van der Waals surface area (Å²) in [6.07, 6.45) is -2.80. The van der Waals surface area contributed by atoms with E-state index in [0.717, 1.165) is 6.07 Å². The summed E-state index contributed by atoms with van der Waals surface area (Å²) in [7, 11) is 0. The number of carboxylic acid groups (broad SMARTS) is 1. The molecule has 0 aliphatic carbocycles. The van der Waals surface area contributed by atoms with Gasteiger partial charge in [-0.25, -0.2) is 18.6 Å². The zero-order chi connectivity index (χ0) is 10.9. The number of alkyl halides is 2. The van der Waals surface area contributed by atoms with Crippen molar-refractivity contribution in [3.63, 3.8) is 0 Å². The van der Waals surface area contributed by atoms with Gasteiger partial charge in [-0.3, -0.25) is 0 Å². The molecule has 14 heavy (non-hydrogen) atoms. The van der Waals surface area contributed by atoms with Crippen molar-refractivity contribution in [2.24, 2.45) is 0 Å². The number of carbonyl (C=O) groups is 1. The normalized spacial score (nSPS) is 10.6. The van der Waals surface area contributed by atoms with Crippen molar-refractivity contribution in [2.75, 3.05) is 0 Å². The smallest absolute Gasteiger partial charge is 0.337 e. The third kappa shape index (κ3) is 1.98. The number of aryl methyl sites for hydroxylation is 1. The van der Waals surface area contributed by atoms with Gasteiger partial charge in [0.05, 0.1) is 16.3 Å². The summed E-state index contributed by atoms with van der Waals surface area (Å²) in [5.74, 6) is -1.24. The molecule has 0 saturated heterocycles. The van der Waals surface area contributed by atoms with Crippen molar-refractivity contribution in [3.8, 4) is 0 Å². The van der Waals surface area contributed by atoms with Crippen LogP contribution in [0.15, 0.2) is 6.07 Å². The molecule has 0 radical (unpaired) electrons. The Morgan fingerprint density at radius 3 is 2.64 bits per heavy atom. The quantitative estimate of drug-likeness (QED) is 0.835. The van der Waals surface area contributed by atoms with Crippen LogP contribution in [0.3, 0.4) is 0 Å². The van der Waals surface area contributed by atoms with Crippen molar-refractivity contribution < 1.29 is 18.7 Å². The van der Waals surface area contributed by atoms with Gasteiger partial charge in [0.1, 0.15) is 5.69 Å². The number of hydrogen-bond donors (Lipinski definition) is 1. The Morgan fingerprint density at radius 1 is 1.64 bits per heavy atom. The van der Waals surface area contributed by atoms with Crippen molar-refractivity contribution in [2.45, 2.75) is 13.3 Å². The number of nitrogens with zero attached hydrogens (tertiary/aromatic N) is 1. The monoisotopic (exact) mass is 221 g/mol. The van der Waals surface area contributed by atoms with Gasteiger partial charge >= 0.3 is 5.97 Å². The predicted molar refractivity (Wildman–Crippen MR) is 45.9 cm³/mol. The molecular formula is C8H6ClF2NO2. The van der Waals surface area contributed by atoms with Crippen molar-refractivity contribution in [1.82, 2.24) is 4.98 Å². The molecule has 0 aromatic carbocycles. The lowest BCUT2D eigenvalue weighted by molar-refractivity contribution is 0.0694. The Hall–Kier alpha value is -1.23. The molecule has 6 heteroatoms. The zero-order valence-electron chi connectivity index (χ0n) is 7.09. The van der Waals surface area contributed by atoms with E-state index < -0.39 is 18.1 Å². The number of pyridine rings is 1. The highest BCUT2D eigenvalue weighted by molar-refractivity contribution is 6.31. The summed E-state index contributed by atoms with van der Waals surface area (Å²) in [5.41, 5.74) is -0.731. The van der Waals surface area contributed by atoms with Crippen LogP contribution >= 0.6 is 11.6 Å². The molecule has 0 aliphatic heterocycles. The highest BCUT2D eigenvalue weighted by atomic mass is 35.5. The van der Waals surface area contributed by atoms with Crippen LogP contribution in [-0.4, -0.2) is 16.1 Å². The van der Waals surface area contributed by atoms with Crippen LogP contribution in [0.1, 0.15) is 28.2 Å². The largest absolute Gasteiger partial charge is 0.478 e. The standard InChI is InChI=1S/C8H6ClF2NO2/c1-3-4(8(13)14)2-5(9)6(12-3)7(10)11/h2,7H,1H3,(H,13,14). The molecule has 0 saturated carbocycles. The van der Waals surface area contributed by atoms with Gasteiger partial charge in [0, 0.05) is 0 Å². The Morgan fingerprint density at radius 2 is 2.21 bits per heavy atom. The minimum atomic E-state index is -2.80. The molecular weight excluding hydrogens is 216 g/mol. The second-order valence-electron chi connectivity index (χ2n) is 2.59. The fourth-order valence-corrected chi connectivity index (χ4v) is 1.20. The number of halogens is 3. The minimum Gasteiger partial charge on any atom is -0.478 e. The molecule has 0 bridgehead atoms. The molecule has 0 aliphatic rings. The number of hydrogen-bond acceptors (Lipinski definition) is 2. The van der Waals surface area contributed by atoms with E-state index in [1.165, 1.54) is 6.92 Å². The molecule has 0 spiro atoms. The number of carboxylic acids is 1. The van der Waals surface area contributed by atoms with Crippen LogP contribution < -0.4 is 0 Å². The van der Waals surface area contributed by atoms with Gasteiger partial charge in [-0.05, 0) is 13.0 Å². The minimum absolute atomic E-state index is 0.0252. The molecule has 1 N–H and O–H groups in total. The van der Waals surface area contributed by atoms with Crippen LogP contribution in [0, 0.1) is 6.92 Å². The lowest BCUT2D eigenvalue weighted by Crippen LogP contribution is -2.04. The zero-order valence-corrected chi connectivity index (χ0v) is 7.85. The second-order valence-corrected chi connectivity index (χ2v) is 3.00. The lowest BCUT2D eigenvalue weighted by Gasteiger charge is -2.05. The summed E-state index contributed by atoms with van der Waals surface area (Å²) in [4.78, 5) is 14.0. The van der Waals surface area contributed by atoms with Gasteiger partial charge in [0.2, 0.25) is 0 Å². The summed E-state index contributed by atoms with van der Waals surface area (Å²) >= 11 is 5.43. The maximum absolute atomic E-state index is 12.2. The topological polar surface area (TPSA) is 50.2 Å². The van der Waals surface area contributed by atoms with E-state index in [0.29, 0.717) is 0 Å². The molecule has 76 valence electrons. The van der Waals surface area contributed by atoms with Crippen molar-refractivity contribution in [1.29, 1.82) is 0 Å². The maximum atomic E-state index is 12.2. The maximum Gasteiger partial charge on any atom is 0.337 e. The highest BCUT2D eigenvalue weighted by Gasteiger charge is 2.18. The first-order chi connectivity index (χ1) is 6.43. The van der Waals surface area contributed by atoms with Crippen LogP contribution in [-0.2, 0) is 0 Å². The molecule has 1 aromatic rings. The summed E-state index contributed by atoms with van der Waals surface area (Å²) < 4.78 is 24.5. The van der Waals surface area contributed by atoms with Gasteiger partial charge in [0.25, 0.3) is 6.43 Å². The van der Waals surface area contributed by atoms with Crippen LogP contribution in [0.2, 0.25) is 5.02 Å². The highest BCUT2D eigenvalue weighted by Crippen LogP contribution is 2.26. The summed E-state index contributed by atoms with van der Waals surface area (Å²) in [6.45, 7) is 1.34. The fraction of sp³-hybridized carbons (Fsp3) is 0.250. The Kier molecular flexibility index (Phi) is 3.00. The average Bonchev–Trinajstić information content (AvgIpc) is 2.07. The van der Waals surface area contributed by atoms with E-state index in [2.05, 4.69) is 4.98 Å². The third-order valence-corrected chi connectivity index (χ3v) is 1.93. The first-order valence-corrected chi connectivity index (χ1v) is 3.99. The van der Waals surface area contributed by atoms with Gasteiger partial charge in [-0.2, -0.15) is 0 Å². The molecule has 1 rings (SSSR count). The molecule has 0 unspecified atom stereocenters. The Labute approximate surface area is 83.3 Å². The summed E-state index contributed by atoms with van der Waals surface area (Å²) in [5, 5.41) is 8.30. The van der Waals surface area contributed by atoms with Gasteiger partial charge in [0.15, 0.2) is 0 Å². The Bertz CT molecular complexity index is 382. The first-order valence-electron chi connectivity index (χ1n) is 3.62. The van der Waals surface area contributed by atoms with Crippen LogP contribution in [0.5, 0.6) is 0 Å². The predicted octanol–water partition coefficient (Wildman–Crippen LogP) is 2.68. The second kappa shape index (κ2) is 3.88. The van der Waals surface area contributed by atoms with Gasteiger partial charge in [-0.15, -0.1) is 0 Å². The van der Waals surface area contributed by atoms with Crippen LogP contribution in [0.4, 0.5) is 8.78 Å².